The number of unbranched alkanes of at least 4 members (excludes halogenated alkanes) is 3. The average Bonchev–Trinajstić information content (AvgIpc) is 3.61. The molecule has 5 aromatic rings. The Balaban J connectivity index is 1.48. The van der Waals surface area contributed by atoms with E-state index in [-0.39, 0.29) is 34.8 Å². The first kappa shape index (κ1) is 40.9. The Kier molecular flexibility index (Phi) is 14.2. The molecule has 0 aliphatic rings. The van der Waals surface area contributed by atoms with Crippen molar-refractivity contribution in [1.82, 2.24) is 19.9 Å². The number of rotatable bonds is 18. The van der Waals surface area contributed by atoms with Crippen LogP contribution >= 0.6 is 0 Å². The molecule has 3 aromatic carbocycles. The van der Waals surface area contributed by atoms with Crippen molar-refractivity contribution in [1.29, 1.82) is 0 Å². The fourth-order valence-corrected chi connectivity index (χ4v) is 6.35. The van der Waals surface area contributed by atoms with Gasteiger partial charge in [-0.15, -0.1) is 0 Å². The third-order valence-electron chi connectivity index (χ3n) is 9.55. The molecular formula is C43H52N8O5. The monoisotopic (exact) mass is 760 g/mol. The number of aryl methyl sites for hydroxylation is 2. The van der Waals surface area contributed by atoms with E-state index in [1.807, 2.05) is 39.0 Å². The third-order valence-corrected chi connectivity index (χ3v) is 9.55. The molecule has 0 fully saturated rings. The number of phenolic OH excluding ortho intramolecular Hbond substituents is 1. The summed E-state index contributed by atoms with van der Waals surface area (Å²) in [6.45, 7) is 13.7. The summed E-state index contributed by atoms with van der Waals surface area (Å²) in [5.41, 5.74) is 5.04. The fourth-order valence-electron chi connectivity index (χ4n) is 6.35. The number of pyridine rings is 1. The summed E-state index contributed by atoms with van der Waals surface area (Å²) < 4.78 is 7.97. The SMILES string of the molecule is C=Nc1ccc(NC(=O)Nc2cc(-n3cnc4cc(C(=O)NC(CC)CCCCC)ncc43)c(NC(=O)C(CCCC)Oc3ccc(C)cc3C)cc2O)cc1. The molecule has 5 rings (SSSR count). The number of urea groups is 1. The number of hydrogen-bond donors (Lipinski definition) is 5. The van der Waals surface area contributed by atoms with Crippen LogP contribution < -0.4 is 26.0 Å². The van der Waals surface area contributed by atoms with Gasteiger partial charge in [-0.2, -0.15) is 0 Å². The lowest BCUT2D eigenvalue weighted by Gasteiger charge is -2.22. The van der Waals surface area contributed by atoms with E-state index in [0.29, 0.717) is 40.3 Å². The Labute approximate surface area is 328 Å². The van der Waals surface area contributed by atoms with Crippen LogP contribution in [0.5, 0.6) is 11.5 Å². The van der Waals surface area contributed by atoms with E-state index in [4.69, 9.17) is 4.74 Å². The number of aromatic nitrogens is 3. The van der Waals surface area contributed by atoms with Crippen LogP contribution in [0.1, 0.15) is 93.8 Å². The number of amides is 4. The van der Waals surface area contributed by atoms with Crippen LogP contribution in [-0.2, 0) is 4.79 Å². The molecule has 2 atom stereocenters. The maximum atomic E-state index is 14.0. The minimum atomic E-state index is -0.839. The van der Waals surface area contributed by atoms with Gasteiger partial charge in [-0.3, -0.25) is 19.1 Å². The summed E-state index contributed by atoms with van der Waals surface area (Å²) in [6, 6.07) is 16.5. The average molecular weight is 761 g/mol. The van der Waals surface area contributed by atoms with Gasteiger partial charge in [0.15, 0.2) is 6.10 Å². The van der Waals surface area contributed by atoms with Gasteiger partial charge in [0.1, 0.15) is 23.5 Å². The first-order valence-corrected chi connectivity index (χ1v) is 19.2. The maximum Gasteiger partial charge on any atom is 0.323 e. The number of fused-ring (bicyclic) bond motifs is 1. The Bertz CT molecular complexity index is 2160. The van der Waals surface area contributed by atoms with Gasteiger partial charge in [-0.25, -0.2) is 14.8 Å². The number of aliphatic imine (C=N–C) groups is 1. The minimum Gasteiger partial charge on any atom is -0.506 e. The number of anilines is 3. The van der Waals surface area contributed by atoms with Crippen molar-refractivity contribution in [3.8, 4) is 17.2 Å². The van der Waals surface area contributed by atoms with Crippen molar-refractivity contribution >= 4 is 58.3 Å². The fraction of sp³-hybridized carbons (Fsp3) is 0.349. The van der Waals surface area contributed by atoms with E-state index in [2.05, 4.69) is 56.8 Å². The summed E-state index contributed by atoms with van der Waals surface area (Å²) in [4.78, 5) is 53.3. The number of imidazole rings is 1. The Morgan fingerprint density at radius 2 is 1.64 bits per heavy atom. The molecule has 4 amide bonds. The number of benzene rings is 3. The molecule has 0 spiro atoms. The molecule has 0 aliphatic carbocycles. The number of nitrogens with zero attached hydrogens (tertiary/aromatic N) is 4. The highest BCUT2D eigenvalue weighted by molar-refractivity contribution is 6.03. The Hall–Kier alpha value is -6.24. The number of phenols is 1. The molecule has 294 valence electrons. The van der Waals surface area contributed by atoms with Crippen LogP contribution in [0.4, 0.5) is 27.5 Å². The van der Waals surface area contributed by atoms with E-state index in [1.54, 1.807) is 41.1 Å². The van der Waals surface area contributed by atoms with Gasteiger partial charge in [0, 0.05) is 17.8 Å². The number of ether oxygens (including phenoxy) is 1. The van der Waals surface area contributed by atoms with Gasteiger partial charge in [0.05, 0.1) is 40.0 Å². The summed E-state index contributed by atoms with van der Waals surface area (Å²) in [7, 11) is 0. The van der Waals surface area contributed by atoms with Crippen LogP contribution in [0.3, 0.4) is 0 Å². The third kappa shape index (κ3) is 10.5. The van der Waals surface area contributed by atoms with E-state index in [9.17, 15) is 19.5 Å². The van der Waals surface area contributed by atoms with Crippen LogP contribution in [-0.4, -0.2) is 56.4 Å². The second kappa shape index (κ2) is 19.4. The van der Waals surface area contributed by atoms with Gasteiger partial charge in [-0.1, -0.05) is 64.2 Å². The lowest BCUT2D eigenvalue weighted by atomic mass is 10.1. The molecule has 13 nitrogen and oxygen atoms in total. The van der Waals surface area contributed by atoms with Crippen molar-refractivity contribution in [2.24, 2.45) is 4.99 Å². The topological polar surface area (TPSA) is 172 Å². The van der Waals surface area contributed by atoms with Crippen LogP contribution in [0.2, 0.25) is 0 Å². The van der Waals surface area contributed by atoms with E-state index < -0.39 is 18.0 Å². The van der Waals surface area contributed by atoms with E-state index in [1.165, 1.54) is 18.5 Å². The number of hydrogen-bond acceptors (Lipinski definition) is 8. The molecule has 2 heterocycles. The number of aromatic hydroxyl groups is 1. The highest BCUT2D eigenvalue weighted by Gasteiger charge is 2.25. The summed E-state index contributed by atoms with van der Waals surface area (Å²) >= 11 is 0. The van der Waals surface area contributed by atoms with Gasteiger partial charge in [-0.05, 0) is 94.3 Å². The molecule has 0 radical (unpaired) electrons. The van der Waals surface area contributed by atoms with Crippen LogP contribution in [0, 0.1) is 13.8 Å². The summed E-state index contributed by atoms with van der Waals surface area (Å²) in [5.74, 6) is -0.386. The second-order valence-electron chi connectivity index (χ2n) is 13.9. The lowest BCUT2D eigenvalue weighted by molar-refractivity contribution is -0.123. The van der Waals surface area contributed by atoms with Crippen molar-refractivity contribution < 1.29 is 24.2 Å². The molecule has 2 aromatic heterocycles. The molecule has 0 saturated carbocycles. The van der Waals surface area contributed by atoms with Gasteiger partial charge < -0.3 is 31.1 Å². The zero-order chi connectivity index (χ0) is 40.2. The summed E-state index contributed by atoms with van der Waals surface area (Å²) in [5, 5.41) is 22.7. The largest absolute Gasteiger partial charge is 0.506 e. The Morgan fingerprint density at radius 1 is 0.875 bits per heavy atom. The molecule has 56 heavy (non-hydrogen) atoms. The van der Waals surface area contributed by atoms with E-state index in [0.717, 1.165) is 56.1 Å². The number of nitrogens with one attached hydrogen (secondary N) is 4. The molecule has 0 saturated heterocycles. The van der Waals surface area contributed by atoms with Gasteiger partial charge in [0.2, 0.25) is 0 Å². The first-order valence-electron chi connectivity index (χ1n) is 19.2. The zero-order valence-electron chi connectivity index (χ0n) is 32.8. The summed E-state index contributed by atoms with van der Waals surface area (Å²) in [6.07, 6.45) is 9.25. The standard InChI is InChI=1S/C43H52N8O5/c1-7-10-12-13-29(9-3)47-41(53)35-22-32-37(25-45-35)51(26-46-32)36-23-34(50-43(55)48-31-18-16-30(44-6)17-19-31)38(52)24-33(36)49-42(54)40(14-11-8-2)56-39-20-15-27(4)21-28(39)5/h15-26,29,40,52H,6-14H2,1-5H3,(H,47,53)(H,49,54)(H2,48,50,55). The Morgan fingerprint density at radius 3 is 2.34 bits per heavy atom. The smallest absolute Gasteiger partial charge is 0.323 e. The van der Waals surface area contributed by atoms with Gasteiger partial charge >= 0.3 is 6.03 Å². The molecule has 13 heteroatoms. The van der Waals surface area contributed by atoms with Crippen molar-refractivity contribution in [2.45, 2.75) is 98.1 Å². The van der Waals surface area contributed by atoms with Crippen LogP contribution in [0.25, 0.3) is 16.7 Å². The molecule has 2 unspecified atom stereocenters. The van der Waals surface area contributed by atoms with Crippen molar-refractivity contribution in [3.05, 3.63) is 90.0 Å². The number of carbonyl (C=O) groups is 3. The van der Waals surface area contributed by atoms with Gasteiger partial charge in [0.25, 0.3) is 11.8 Å². The molecule has 0 aliphatic heterocycles. The predicted molar refractivity (Wildman–Crippen MR) is 223 cm³/mol. The molecule has 5 N–H and O–H groups in total. The second-order valence-corrected chi connectivity index (χ2v) is 13.9. The number of carbonyl (C=O) groups excluding carboxylic acids is 3. The zero-order valence-corrected chi connectivity index (χ0v) is 32.8. The highest BCUT2D eigenvalue weighted by atomic mass is 16.5. The maximum absolute atomic E-state index is 14.0. The minimum absolute atomic E-state index is 0.0407. The lowest BCUT2D eigenvalue weighted by Crippen LogP contribution is -2.34. The normalized spacial score (nSPS) is 12.1. The predicted octanol–water partition coefficient (Wildman–Crippen LogP) is 9.38. The van der Waals surface area contributed by atoms with Crippen molar-refractivity contribution in [3.63, 3.8) is 0 Å². The van der Waals surface area contributed by atoms with E-state index >= 15 is 0 Å². The molecule has 0 bridgehead atoms. The van der Waals surface area contributed by atoms with Crippen molar-refractivity contribution in [2.75, 3.05) is 16.0 Å². The highest BCUT2D eigenvalue weighted by Crippen LogP contribution is 2.35. The quantitative estimate of drug-likeness (QED) is 0.0336. The van der Waals surface area contributed by atoms with Crippen LogP contribution in [0.15, 0.2) is 78.2 Å². The first-order chi connectivity index (χ1) is 27.0. The molecular weight excluding hydrogens is 709 g/mol.